The van der Waals surface area contributed by atoms with Crippen molar-refractivity contribution in [3.8, 4) is 0 Å². The topological polar surface area (TPSA) is 88.6 Å². The first-order valence-corrected chi connectivity index (χ1v) is 10.9. The van der Waals surface area contributed by atoms with Crippen LogP contribution in [0.5, 0.6) is 0 Å². The number of aryl methyl sites for hydroxylation is 1. The Kier molecular flexibility index (Phi) is 5.45. The van der Waals surface area contributed by atoms with Crippen molar-refractivity contribution < 1.29 is 19.1 Å². The van der Waals surface area contributed by atoms with Crippen molar-refractivity contribution in [2.45, 2.75) is 53.1 Å². The quantitative estimate of drug-likeness (QED) is 0.764. The molecule has 1 aromatic carbocycles. The summed E-state index contributed by atoms with van der Waals surface area (Å²) in [7, 11) is 0. The molecule has 1 aromatic heterocycles. The molecule has 2 atom stereocenters. The number of carbonyl (C=O) groups excluding carboxylic acids is 3. The van der Waals surface area contributed by atoms with Crippen LogP contribution in [-0.2, 0) is 22.4 Å². The van der Waals surface area contributed by atoms with Crippen molar-refractivity contribution in [3.05, 3.63) is 41.1 Å². The van der Waals surface area contributed by atoms with Gasteiger partial charge in [-0.15, -0.1) is 0 Å². The number of aromatic nitrogens is 1. The van der Waals surface area contributed by atoms with Gasteiger partial charge in [0.15, 0.2) is 6.10 Å². The predicted molar refractivity (Wildman–Crippen MR) is 117 cm³/mol. The van der Waals surface area contributed by atoms with Crippen LogP contribution < -0.4 is 5.32 Å². The Morgan fingerprint density at radius 1 is 1.26 bits per heavy atom. The van der Waals surface area contributed by atoms with E-state index in [1.165, 1.54) is 6.92 Å². The summed E-state index contributed by atoms with van der Waals surface area (Å²) in [6.07, 6.45) is 1.53. The summed E-state index contributed by atoms with van der Waals surface area (Å²) in [6, 6.07) is 7.09. The lowest BCUT2D eigenvalue weighted by atomic mass is 9.70. The van der Waals surface area contributed by atoms with Crippen LogP contribution in [-0.4, -0.2) is 47.0 Å². The number of benzene rings is 1. The zero-order valence-corrected chi connectivity index (χ0v) is 18.5. The number of hydrogen-bond donors (Lipinski definition) is 1. The molecule has 31 heavy (non-hydrogen) atoms. The van der Waals surface area contributed by atoms with Crippen molar-refractivity contribution in [2.75, 3.05) is 13.1 Å². The number of urea groups is 1. The summed E-state index contributed by atoms with van der Waals surface area (Å²) in [6.45, 7) is 8.85. The number of pyridine rings is 1. The monoisotopic (exact) mass is 423 g/mol. The van der Waals surface area contributed by atoms with Gasteiger partial charge in [-0.25, -0.2) is 9.59 Å². The second-order valence-corrected chi connectivity index (χ2v) is 9.50. The van der Waals surface area contributed by atoms with Crippen molar-refractivity contribution in [3.63, 3.8) is 0 Å². The standard InChI is InChI=1S/C24H29N3O4/c1-14(21(28)27-12-11-25-23(27)30)31-22(29)20-16-7-5-6-8-18(16)26-19-10-9-15(13-17(19)20)24(2,3)4/h5-8,14-15H,9-13H2,1-4H3,(H,25,30)/t14-,15-/m1/s1. The van der Waals surface area contributed by atoms with Gasteiger partial charge in [0, 0.05) is 24.2 Å². The van der Waals surface area contributed by atoms with Crippen LogP contribution in [0, 0.1) is 11.3 Å². The van der Waals surface area contributed by atoms with E-state index >= 15 is 0 Å². The SMILES string of the molecule is C[C@@H](OC(=O)c1c2c(nc3ccccc13)CC[C@@H](C(C)(C)C)C2)C(=O)N1CCNC1=O. The molecule has 7 nitrogen and oxygen atoms in total. The molecule has 1 N–H and O–H groups in total. The van der Waals surface area contributed by atoms with E-state index in [0.717, 1.165) is 46.3 Å². The Balaban J connectivity index is 1.69. The fourth-order valence-corrected chi connectivity index (χ4v) is 4.53. The van der Waals surface area contributed by atoms with Crippen molar-refractivity contribution >= 4 is 28.8 Å². The third kappa shape index (κ3) is 4.01. The molecule has 3 amide bonds. The third-order valence-corrected chi connectivity index (χ3v) is 6.44. The minimum atomic E-state index is -1.05. The average Bonchev–Trinajstić information content (AvgIpc) is 3.15. The van der Waals surface area contributed by atoms with E-state index in [-0.39, 0.29) is 12.0 Å². The number of carbonyl (C=O) groups is 3. The van der Waals surface area contributed by atoms with E-state index in [1.807, 2.05) is 24.3 Å². The number of para-hydroxylation sites is 1. The maximum Gasteiger partial charge on any atom is 0.339 e. The molecule has 1 aliphatic carbocycles. The van der Waals surface area contributed by atoms with Crippen LogP contribution in [0.2, 0.25) is 0 Å². The molecule has 0 bridgehead atoms. The zero-order valence-electron chi connectivity index (χ0n) is 18.5. The summed E-state index contributed by atoms with van der Waals surface area (Å²) >= 11 is 0. The number of nitrogens with zero attached hydrogens (tertiary/aromatic N) is 2. The van der Waals surface area contributed by atoms with Gasteiger partial charge in [0.1, 0.15) is 0 Å². The first-order chi connectivity index (χ1) is 14.7. The predicted octanol–water partition coefficient (Wildman–Crippen LogP) is 3.48. The Morgan fingerprint density at radius 3 is 2.68 bits per heavy atom. The Labute approximate surface area is 182 Å². The lowest BCUT2D eigenvalue weighted by molar-refractivity contribution is -0.136. The number of nitrogens with one attached hydrogen (secondary N) is 1. The molecule has 0 saturated carbocycles. The van der Waals surface area contributed by atoms with Gasteiger partial charge in [0.05, 0.1) is 11.1 Å². The second kappa shape index (κ2) is 7.94. The van der Waals surface area contributed by atoms with Crippen LogP contribution in [0.3, 0.4) is 0 Å². The largest absolute Gasteiger partial charge is 0.449 e. The van der Waals surface area contributed by atoms with Gasteiger partial charge in [-0.05, 0) is 49.1 Å². The van der Waals surface area contributed by atoms with Gasteiger partial charge in [-0.2, -0.15) is 0 Å². The minimum Gasteiger partial charge on any atom is -0.449 e. The van der Waals surface area contributed by atoms with E-state index in [1.54, 1.807) is 0 Å². The Morgan fingerprint density at radius 2 is 2.00 bits per heavy atom. The maximum absolute atomic E-state index is 13.4. The van der Waals surface area contributed by atoms with Crippen LogP contribution in [0.25, 0.3) is 10.9 Å². The summed E-state index contributed by atoms with van der Waals surface area (Å²) in [5.41, 5.74) is 3.22. The molecular weight excluding hydrogens is 394 g/mol. The molecule has 2 heterocycles. The highest BCUT2D eigenvalue weighted by Gasteiger charge is 2.35. The Hall–Kier alpha value is -2.96. The van der Waals surface area contributed by atoms with E-state index < -0.39 is 24.0 Å². The number of imide groups is 1. The molecule has 2 aliphatic rings. The van der Waals surface area contributed by atoms with E-state index in [9.17, 15) is 14.4 Å². The molecule has 0 unspecified atom stereocenters. The van der Waals surface area contributed by atoms with Gasteiger partial charge in [0.2, 0.25) is 0 Å². The van der Waals surface area contributed by atoms with Gasteiger partial charge in [-0.1, -0.05) is 39.0 Å². The van der Waals surface area contributed by atoms with Crippen LogP contribution in [0.4, 0.5) is 4.79 Å². The number of hydrogen-bond acceptors (Lipinski definition) is 5. The maximum atomic E-state index is 13.4. The fourth-order valence-electron chi connectivity index (χ4n) is 4.53. The van der Waals surface area contributed by atoms with Crippen LogP contribution in [0.15, 0.2) is 24.3 Å². The minimum absolute atomic E-state index is 0.108. The number of fused-ring (bicyclic) bond motifs is 2. The van der Waals surface area contributed by atoms with Crippen LogP contribution in [0.1, 0.15) is 55.7 Å². The first kappa shape index (κ1) is 21.3. The van der Waals surface area contributed by atoms with Gasteiger partial charge >= 0.3 is 12.0 Å². The van der Waals surface area contributed by atoms with E-state index in [2.05, 4.69) is 26.1 Å². The van der Waals surface area contributed by atoms with Gasteiger partial charge < -0.3 is 10.1 Å². The zero-order chi connectivity index (χ0) is 22.3. The molecule has 0 radical (unpaired) electrons. The summed E-state index contributed by atoms with van der Waals surface area (Å²) in [5.74, 6) is -0.630. The molecular formula is C24H29N3O4. The molecule has 4 rings (SSSR count). The molecule has 0 spiro atoms. The lowest BCUT2D eigenvalue weighted by Crippen LogP contribution is -2.42. The van der Waals surface area contributed by atoms with Crippen molar-refractivity contribution in [2.24, 2.45) is 11.3 Å². The van der Waals surface area contributed by atoms with Crippen molar-refractivity contribution in [1.82, 2.24) is 15.2 Å². The summed E-state index contributed by atoms with van der Waals surface area (Å²) in [5, 5.41) is 3.33. The molecule has 1 aliphatic heterocycles. The molecule has 1 saturated heterocycles. The fraction of sp³-hybridized carbons (Fsp3) is 0.500. The molecule has 164 valence electrons. The van der Waals surface area contributed by atoms with Gasteiger partial charge in [-0.3, -0.25) is 14.7 Å². The smallest absolute Gasteiger partial charge is 0.339 e. The molecule has 7 heteroatoms. The molecule has 1 fully saturated rings. The lowest BCUT2D eigenvalue weighted by Gasteiger charge is -2.35. The molecule has 2 aromatic rings. The average molecular weight is 424 g/mol. The highest BCUT2D eigenvalue weighted by atomic mass is 16.5. The van der Waals surface area contributed by atoms with Crippen LogP contribution >= 0.6 is 0 Å². The summed E-state index contributed by atoms with van der Waals surface area (Å²) < 4.78 is 5.62. The number of rotatable bonds is 3. The normalized spacial score (nSPS) is 19.7. The number of ether oxygens (including phenoxy) is 1. The Bertz CT molecular complexity index is 1060. The second-order valence-electron chi connectivity index (χ2n) is 9.50. The van der Waals surface area contributed by atoms with Gasteiger partial charge in [0.25, 0.3) is 5.91 Å². The summed E-state index contributed by atoms with van der Waals surface area (Å²) in [4.78, 5) is 43.7. The number of amides is 3. The van der Waals surface area contributed by atoms with Crippen molar-refractivity contribution in [1.29, 1.82) is 0 Å². The first-order valence-electron chi connectivity index (χ1n) is 10.9. The van der Waals surface area contributed by atoms with E-state index in [0.29, 0.717) is 18.0 Å². The third-order valence-electron chi connectivity index (χ3n) is 6.44. The van der Waals surface area contributed by atoms with E-state index in [4.69, 9.17) is 9.72 Å². The highest BCUT2D eigenvalue weighted by molar-refractivity contribution is 6.06. The number of esters is 1. The highest BCUT2D eigenvalue weighted by Crippen LogP contribution is 2.39.